The standard InChI is InChI=1S/C28H41F3N4O2/c1-17(12-28(29,30)31)11-23-32-16-22-24(34-23)21(18-7-9-19(36)10-8-18)15-33-25(22)37-20-13-26(2,3)35(6)27(4,5)14-20/h15-20,36H,7-14H2,1-6H3/t17-,18?,19?/m1/s1. The second-order valence-electron chi connectivity index (χ2n) is 12.5. The quantitative estimate of drug-likeness (QED) is 0.487. The number of rotatable bonds is 6. The Morgan fingerprint density at radius 3 is 2.27 bits per heavy atom. The van der Waals surface area contributed by atoms with Crippen LogP contribution in [0.2, 0.25) is 0 Å². The van der Waals surface area contributed by atoms with E-state index in [4.69, 9.17) is 14.7 Å². The summed E-state index contributed by atoms with van der Waals surface area (Å²) >= 11 is 0. The molecule has 0 bridgehead atoms. The third-order valence-corrected chi connectivity index (χ3v) is 8.46. The number of ether oxygens (including phenoxy) is 1. The molecule has 9 heteroatoms. The number of fused-ring (bicyclic) bond motifs is 1. The molecule has 3 heterocycles. The van der Waals surface area contributed by atoms with Crippen LogP contribution in [0.3, 0.4) is 0 Å². The van der Waals surface area contributed by atoms with Gasteiger partial charge in [0.25, 0.3) is 0 Å². The lowest BCUT2D eigenvalue weighted by molar-refractivity contribution is -0.143. The van der Waals surface area contributed by atoms with Gasteiger partial charge in [-0.1, -0.05) is 6.92 Å². The van der Waals surface area contributed by atoms with Crippen molar-refractivity contribution in [1.82, 2.24) is 19.9 Å². The molecule has 1 saturated heterocycles. The highest BCUT2D eigenvalue weighted by Gasteiger charge is 2.44. The number of aliphatic hydroxyl groups excluding tert-OH is 1. The molecule has 1 aliphatic carbocycles. The van der Waals surface area contributed by atoms with Crippen LogP contribution < -0.4 is 4.74 Å². The molecule has 0 aromatic carbocycles. The Bertz CT molecular complexity index is 1080. The first-order valence-corrected chi connectivity index (χ1v) is 13.4. The summed E-state index contributed by atoms with van der Waals surface area (Å²) in [4.78, 5) is 16.4. The predicted molar refractivity (Wildman–Crippen MR) is 138 cm³/mol. The van der Waals surface area contributed by atoms with Gasteiger partial charge in [0, 0.05) is 54.7 Å². The maximum absolute atomic E-state index is 12.9. The SMILES string of the molecule is C[C@H](Cc1ncc2c(OC3CC(C)(C)N(C)C(C)(C)C3)ncc(C3CCC(O)CC3)c2n1)CC(F)(F)F. The zero-order valence-electron chi connectivity index (χ0n) is 22.9. The van der Waals surface area contributed by atoms with Gasteiger partial charge >= 0.3 is 6.18 Å². The summed E-state index contributed by atoms with van der Waals surface area (Å²) in [5.41, 5.74) is 1.57. The van der Waals surface area contributed by atoms with Crippen molar-refractivity contribution in [2.75, 3.05) is 7.05 Å². The van der Waals surface area contributed by atoms with Crippen LogP contribution in [0, 0.1) is 5.92 Å². The van der Waals surface area contributed by atoms with Crippen molar-refractivity contribution in [3.05, 3.63) is 23.8 Å². The third-order valence-electron chi connectivity index (χ3n) is 8.46. The Morgan fingerprint density at radius 2 is 1.68 bits per heavy atom. The summed E-state index contributed by atoms with van der Waals surface area (Å²) in [5.74, 6) is 0.446. The van der Waals surface area contributed by atoms with E-state index in [0.29, 0.717) is 35.4 Å². The lowest BCUT2D eigenvalue weighted by atomic mass is 9.79. The number of hydrogen-bond acceptors (Lipinski definition) is 6. The molecular formula is C28H41F3N4O2. The topological polar surface area (TPSA) is 71.4 Å². The number of alkyl halides is 3. The number of aliphatic hydroxyl groups is 1. The zero-order chi connectivity index (χ0) is 27.2. The Hall–Kier alpha value is -2.00. The largest absolute Gasteiger partial charge is 0.474 e. The van der Waals surface area contributed by atoms with E-state index in [1.165, 1.54) is 0 Å². The van der Waals surface area contributed by atoms with Crippen LogP contribution in [0.25, 0.3) is 10.9 Å². The molecule has 0 spiro atoms. The number of hydrogen-bond donors (Lipinski definition) is 1. The van der Waals surface area contributed by atoms with Gasteiger partial charge in [0.1, 0.15) is 11.9 Å². The first kappa shape index (κ1) is 28.0. The minimum absolute atomic E-state index is 0.0425. The Morgan fingerprint density at radius 1 is 1.05 bits per heavy atom. The molecule has 1 N–H and O–H groups in total. The Kier molecular flexibility index (Phi) is 7.79. The summed E-state index contributed by atoms with van der Waals surface area (Å²) in [5, 5.41) is 10.7. The van der Waals surface area contributed by atoms with Gasteiger partial charge in [0.2, 0.25) is 5.88 Å². The van der Waals surface area contributed by atoms with Crippen LogP contribution in [-0.4, -0.2) is 61.5 Å². The molecule has 2 aliphatic rings. The van der Waals surface area contributed by atoms with Gasteiger partial charge in [-0.05, 0) is 72.3 Å². The third kappa shape index (κ3) is 6.53. The van der Waals surface area contributed by atoms with Gasteiger partial charge in [-0.2, -0.15) is 13.2 Å². The molecule has 2 aromatic rings. The van der Waals surface area contributed by atoms with Crippen molar-refractivity contribution in [1.29, 1.82) is 0 Å². The molecule has 1 saturated carbocycles. The van der Waals surface area contributed by atoms with E-state index in [1.807, 2.05) is 6.20 Å². The van der Waals surface area contributed by atoms with Crippen LogP contribution >= 0.6 is 0 Å². The molecule has 0 radical (unpaired) electrons. The van der Waals surface area contributed by atoms with E-state index >= 15 is 0 Å². The molecule has 1 atom stereocenters. The molecule has 0 unspecified atom stereocenters. The molecule has 0 amide bonds. The van der Waals surface area contributed by atoms with E-state index in [0.717, 1.165) is 31.2 Å². The lowest BCUT2D eigenvalue weighted by Crippen LogP contribution is -2.60. The fraction of sp³-hybridized carbons (Fsp3) is 0.750. The van der Waals surface area contributed by atoms with E-state index in [-0.39, 0.29) is 35.6 Å². The van der Waals surface area contributed by atoms with Crippen LogP contribution in [-0.2, 0) is 6.42 Å². The summed E-state index contributed by atoms with van der Waals surface area (Å²) < 4.78 is 45.3. The van der Waals surface area contributed by atoms with Gasteiger partial charge in [-0.3, -0.25) is 4.90 Å². The van der Waals surface area contributed by atoms with Crippen molar-refractivity contribution < 1.29 is 23.0 Å². The van der Waals surface area contributed by atoms with E-state index in [1.54, 1.807) is 13.1 Å². The molecular weight excluding hydrogens is 481 g/mol. The van der Waals surface area contributed by atoms with Crippen molar-refractivity contribution in [3.63, 3.8) is 0 Å². The highest BCUT2D eigenvalue weighted by Crippen LogP contribution is 2.41. The molecule has 206 valence electrons. The summed E-state index contributed by atoms with van der Waals surface area (Å²) in [6.45, 7) is 10.4. The molecule has 6 nitrogen and oxygen atoms in total. The number of pyridine rings is 1. The molecule has 4 rings (SSSR count). The smallest absolute Gasteiger partial charge is 0.389 e. The highest BCUT2D eigenvalue weighted by molar-refractivity contribution is 5.85. The number of piperidine rings is 1. The van der Waals surface area contributed by atoms with Crippen molar-refractivity contribution in [2.45, 2.75) is 121 Å². The lowest BCUT2D eigenvalue weighted by Gasteiger charge is -2.53. The fourth-order valence-electron chi connectivity index (χ4n) is 6.23. The molecule has 1 aliphatic heterocycles. The van der Waals surface area contributed by atoms with E-state index < -0.39 is 18.5 Å². The van der Waals surface area contributed by atoms with Crippen molar-refractivity contribution in [2.24, 2.45) is 5.92 Å². The van der Waals surface area contributed by atoms with Crippen LogP contribution in [0.1, 0.15) is 96.9 Å². The van der Waals surface area contributed by atoms with E-state index in [2.05, 4.69) is 44.6 Å². The average Bonchev–Trinajstić information content (AvgIpc) is 2.76. The first-order valence-electron chi connectivity index (χ1n) is 13.4. The number of aromatic nitrogens is 3. The Balaban J connectivity index is 1.68. The minimum atomic E-state index is -4.22. The summed E-state index contributed by atoms with van der Waals surface area (Å²) in [6.07, 6.45) is 2.97. The number of likely N-dealkylation sites (tertiary alicyclic amines) is 1. The van der Waals surface area contributed by atoms with Crippen LogP contribution in [0.5, 0.6) is 5.88 Å². The Labute approximate surface area is 218 Å². The number of nitrogens with zero attached hydrogens (tertiary/aromatic N) is 4. The summed E-state index contributed by atoms with van der Waals surface area (Å²) in [6, 6.07) is 0. The molecule has 37 heavy (non-hydrogen) atoms. The maximum atomic E-state index is 12.9. The second kappa shape index (κ2) is 10.3. The van der Waals surface area contributed by atoms with Crippen molar-refractivity contribution in [3.8, 4) is 5.88 Å². The second-order valence-corrected chi connectivity index (χ2v) is 12.5. The van der Waals surface area contributed by atoms with Crippen LogP contribution in [0.4, 0.5) is 13.2 Å². The zero-order valence-corrected chi connectivity index (χ0v) is 22.9. The monoisotopic (exact) mass is 522 g/mol. The predicted octanol–water partition coefficient (Wildman–Crippen LogP) is 6.20. The van der Waals surface area contributed by atoms with Crippen LogP contribution in [0.15, 0.2) is 12.4 Å². The highest BCUT2D eigenvalue weighted by atomic mass is 19.4. The van der Waals surface area contributed by atoms with Crippen molar-refractivity contribution >= 4 is 10.9 Å². The fourth-order valence-corrected chi connectivity index (χ4v) is 6.23. The number of halogens is 3. The first-order chi connectivity index (χ1) is 17.1. The molecule has 2 aromatic heterocycles. The maximum Gasteiger partial charge on any atom is 0.389 e. The van der Waals surface area contributed by atoms with Gasteiger partial charge in [-0.15, -0.1) is 0 Å². The minimum Gasteiger partial charge on any atom is -0.474 e. The normalized spacial score (nSPS) is 25.8. The summed E-state index contributed by atoms with van der Waals surface area (Å²) in [7, 11) is 2.15. The van der Waals surface area contributed by atoms with E-state index in [9.17, 15) is 18.3 Å². The van der Waals surface area contributed by atoms with Gasteiger partial charge in [0.15, 0.2) is 0 Å². The van der Waals surface area contributed by atoms with Gasteiger partial charge < -0.3 is 9.84 Å². The molecule has 2 fully saturated rings. The average molecular weight is 523 g/mol. The van der Waals surface area contributed by atoms with Gasteiger partial charge in [0.05, 0.1) is 17.0 Å². The van der Waals surface area contributed by atoms with Gasteiger partial charge in [-0.25, -0.2) is 15.0 Å².